The Hall–Kier alpha value is -3.54. The van der Waals surface area contributed by atoms with E-state index in [1.807, 2.05) is 13.0 Å². The number of methoxy groups -OCH3 is 1. The summed E-state index contributed by atoms with van der Waals surface area (Å²) in [5.74, 6) is -2.27. The molecule has 0 aliphatic heterocycles. The highest BCUT2D eigenvalue weighted by atomic mass is 16.6. The summed E-state index contributed by atoms with van der Waals surface area (Å²) in [6.45, 7) is 12.0. The van der Waals surface area contributed by atoms with Gasteiger partial charge >= 0.3 is 12.1 Å². The minimum Gasteiger partial charge on any atom is -0.468 e. The Kier molecular flexibility index (Phi) is 10.8. The summed E-state index contributed by atoms with van der Waals surface area (Å²) < 4.78 is 9.93. The SMILES string of the molecule is C#CN(C(=O)C(NC(=O)OC(C)(C)C)C(C)CC)C(C(=O)NCC(=O)OC)c1c(C)cccc1C. The van der Waals surface area contributed by atoms with E-state index in [9.17, 15) is 19.2 Å². The fourth-order valence-corrected chi connectivity index (χ4v) is 3.50. The zero-order valence-electron chi connectivity index (χ0n) is 21.9. The van der Waals surface area contributed by atoms with Crippen molar-refractivity contribution < 1.29 is 28.7 Å². The maximum absolute atomic E-state index is 13.8. The first kappa shape index (κ1) is 29.5. The average Bonchev–Trinajstić information content (AvgIpc) is 2.78. The number of aryl methyl sites for hydroxylation is 2. The van der Waals surface area contributed by atoms with Gasteiger partial charge in [-0.05, 0) is 57.2 Å². The number of carbonyl (C=O) groups excluding carboxylic acids is 4. The van der Waals surface area contributed by atoms with Gasteiger partial charge in [-0.3, -0.25) is 19.3 Å². The number of rotatable bonds is 9. The Balaban J connectivity index is 3.50. The van der Waals surface area contributed by atoms with Crippen LogP contribution >= 0.6 is 0 Å². The lowest BCUT2D eigenvalue weighted by atomic mass is 9.92. The van der Waals surface area contributed by atoms with Gasteiger partial charge in [0, 0.05) is 6.04 Å². The number of amides is 3. The van der Waals surface area contributed by atoms with E-state index >= 15 is 0 Å². The van der Waals surface area contributed by atoms with Gasteiger partial charge in [0.15, 0.2) is 0 Å². The molecule has 9 nitrogen and oxygen atoms in total. The average molecular weight is 488 g/mol. The van der Waals surface area contributed by atoms with Crippen LogP contribution in [0.5, 0.6) is 0 Å². The van der Waals surface area contributed by atoms with E-state index < -0.39 is 48.1 Å². The molecule has 0 aliphatic rings. The van der Waals surface area contributed by atoms with Crippen LogP contribution in [0.3, 0.4) is 0 Å². The minimum absolute atomic E-state index is 0.317. The maximum atomic E-state index is 13.8. The highest BCUT2D eigenvalue weighted by molar-refractivity contribution is 5.94. The predicted molar refractivity (Wildman–Crippen MR) is 132 cm³/mol. The van der Waals surface area contributed by atoms with Crippen molar-refractivity contribution in [3.05, 3.63) is 34.9 Å². The van der Waals surface area contributed by atoms with Crippen LogP contribution in [0.4, 0.5) is 4.79 Å². The number of nitrogens with zero attached hydrogens (tertiary/aromatic N) is 1. The number of hydrogen-bond donors (Lipinski definition) is 2. The summed E-state index contributed by atoms with van der Waals surface area (Å²) in [5, 5.41) is 5.11. The molecule has 0 heterocycles. The van der Waals surface area contributed by atoms with Crippen LogP contribution in [0.1, 0.15) is 63.8 Å². The molecule has 192 valence electrons. The second kappa shape index (κ2) is 12.8. The smallest absolute Gasteiger partial charge is 0.408 e. The largest absolute Gasteiger partial charge is 0.468 e. The summed E-state index contributed by atoms with van der Waals surface area (Å²) in [6, 6.07) is 5.46. The molecule has 0 bridgehead atoms. The first-order chi connectivity index (χ1) is 16.3. The van der Waals surface area contributed by atoms with Gasteiger partial charge in [0.1, 0.15) is 24.2 Å². The number of carbonyl (C=O) groups is 4. The van der Waals surface area contributed by atoms with Crippen molar-refractivity contribution in [1.82, 2.24) is 15.5 Å². The molecule has 1 aromatic rings. The number of terminal acetylenes is 1. The van der Waals surface area contributed by atoms with Crippen molar-refractivity contribution >= 4 is 23.9 Å². The third-order valence-corrected chi connectivity index (χ3v) is 5.48. The quantitative estimate of drug-likeness (QED) is 0.314. The van der Waals surface area contributed by atoms with Gasteiger partial charge in [-0.15, -0.1) is 0 Å². The number of hydrogen-bond acceptors (Lipinski definition) is 6. The Bertz CT molecular complexity index is 956. The van der Waals surface area contributed by atoms with Crippen LogP contribution in [-0.4, -0.2) is 54.1 Å². The molecule has 3 atom stereocenters. The molecule has 3 amide bonds. The lowest BCUT2D eigenvalue weighted by Crippen LogP contribution is -2.54. The lowest BCUT2D eigenvalue weighted by Gasteiger charge is -2.33. The molecule has 1 aromatic carbocycles. The highest BCUT2D eigenvalue weighted by Gasteiger charge is 2.39. The van der Waals surface area contributed by atoms with Gasteiger partial charge in [0.25, 0.3) is 5.91 Å². The van der Waals surface area contributed by atoms with E-state index in [0.717, 1.165) is 16.0 Å². The molecular weight excluding hydrogens is 450 g/mol. The number of alkyl carbamates (subject to hydrolysis) is 1. The van der Waals surface area contributed by atoms with E-state index in [-0.39, 0.29) is 5.92 Å². The molecule has 35 heavy (non-hydrogen) atoms. The Labute approximate surface area is 207 Å². The monoisotopic (exact) mass is 487 g/mol. The van der Waals surface area contributed by atoms with Crippen molar-refractivity contribution in [2.75, 3.05) is 13.7 Å². The zero-order valence-corrected chi connectivity index (χ0v) is 21.9. The van der Waals surface area contributed by atoms with E-state index in [1.54, 1.807) is 53.7 Å². The lowest BCUT2D eigenvalue weighted by molar-refractivity contribution is -0.143. The fourth-order valence-electron chi connectivity index (χ4n) is 3.50. The normalized spacial score (nSPS) is 13.5. The number of benzene rings is 1. The minimum atomic E-state index is -1.25. The van der Waals surface area contributed by atoms with Crippen molar-refractivity contribution in [2.45, 2.75) is 72.6 Å². The molecule has 0 fully saturated rings. The van der Waals surface area contributed by atoms with Crippen LogP contribution in [0.15, 0.2) is 18.2 Å². The fraction of sp³-hybridized carbons (Fsp3) is 0.538. The predicted octanol–water partition coefficient (Wildman–Crippen LogP) is 2.99. The van der Waals surface area contributed by atoms with E-state index in [0.29, 0.717) is 12.0 Å². The van der Waals surface area contributed by atoms with Crippen LogP contribution in [-0.2, 0) is 23.9 Å². The molecule has 0 radical (unpaired) electrons. The zero-order chi connectivity index (χ0) is 26.9. The molecule has 0 saturated carbocycles. The van der Waals surface area contributed by atoms with Crippen LogP contribution in [0, 0.1) is 32.2 Å². The summed E-state index contributed by atoms with van der Waals surface area (Å²) in [6.07, 6.45) is 5.56. The Morgan fingerprint density at radius 2 is 1.71 bits per heavy atom. The second-order valence-corrected chi connectivity index (χ2v) is 9.35. The summed E-state index contributed by atoms with van der Waals surface area (Å²) >= 11 is 0. The molecule has 0 spiro atoms. The first-order valence-electron chi connectivity index (χ1n) is 11.5. The van der Waals surface area contributed by atoms with Gasteiger partial charge in [0.05, 0.1) is 7.11 Å². The number of ether oxygens (including phenoxy) is 2. The van der Waals surface area contributed by atoms with Crippen molar-refractivity contribution in [3.63, 3.8) is 0 Å². The molecule has 9 heteroatoms. The van der Waals surface area contributed by atoms with Gasteiger partial charge < -0.3 is 20.1 Å². The standard InChI is InChI=1S/C26H37N3O6/c1-10-16(3)21(28-25(33)35-26(6,7)8)24(32)29(11-2)22(23(31)27-15-19(30)34-9)20-17(4)13-12-14-18(20)5/h2,12-14,16,21-22H,10,15H2,1,3-9H3,(H,27,31)(H,28,33). The molecular formula is C26H37N3O6. The van der Waals surface area contributed by atoms with Crippen LogP contribution in [0.2, 0.25) is 0 Å². The van der Waals surface area contributed by atoms with Crippen molar-refractivity contribution in [1.29, 1.82) is 0 Å². The molecule has 2 N–H and O–H groups in total. The van der Waals surface area contributed by atoms with E-state index in [4.69, 9.17) is 11.2 Å². The molecule has 1 rings (SSSR count). The summed E-state index contributed by atoms with van der Waals surface area (Å²) in [4.78, 5) is 52.2. The first-order valence-corrected chi connectivity index (χ1v) is 11.5. The third kappa shape index (κ3) is 8.32. The number of nitrogens with one attached hydrogen (secondary N) is 2. The van der Waals surface area contributed by atoms with Gasteiger partial charge in [0.2, 0.25) is 5.91 Å². The van der Waals surface area contributed by atoms with E-state index in [2.05, 4.69) is 21.4 Å². The van der Waals surface area contributed by atoms with E-state index in [1.165, 1.54) is 7.11 Å². The second-order valence-electron chi connectivity index (χ2n) is 9.35. The van der Waals surface area contributed by atoms with Gasteiger partial charge in [-0.25, -0.2) is 4.79 Å². The van der Waals surface area contributed by atoms with Crippen LogP contribution < -0.4 is 10.6 Å². The number of esters is 1. The third-order valence-electron chi connectivity index (χ3n) is 5.48. The summed E-state index contributed by atoms with van der Waals surface area (Å²) in [7, 11) is 1.20. The molecule has 0 aliphatic carbocycles. The van der Waals surface area contributed by atoms with Crippen LogP contribution in [0.25, 0.3) is 0 Å². The topological polar surface area (TPSA) is 114 Å². The molecule has 0 saturated heterocycles. The Morgan fingerprint density at radius 1 is 1.14 bits per heavy atom. The van der Waals surface area contributed by atoms with Crippen molar-refractivity contribution in [3.8, 4) is 12.5 Å². The maximum Gasteiger partial charge on any atom is 0.408 e. The molecule has 3 unspecified atom stereocenters. The molecule has 0 aromatic heterocycles. The van der Waals surface area contributed by atoms with Gasteiger partial charge in [-0.1, -0.05) is 44.9 Å². The highest BCUT2D eigenvalue weighted by Crippen LogP contribution is 2.29. The van der Waals surface area contributed by atoms with Crippen molar-refractivity contribution in [2.24, 2.45) is 5.92 Å². The summed E-state index contributed by atoms with van der Waals surface area (Å²) in [5.41, 5.74) is 1.22. The Morgan fingerprint density at radius 3 is 2.17 bits per heavy atom. The van der Waals surface area contributed by atoms with Gasteiger partial charge in [-0.2, -0.15) is 0 Å².